The van der Waals surface area contributed by atoms with Crippen LogP contribution in [0.15, 0.2) is 60.7 Å². The summed E-state index contributed by atoms with van der Waals surface area (Å²) in [6.07, 6.45) is -1.90. The second-order valence-corrected chi connectivity index (χ2v) is 7.99. The molecular weight excluding hydrogens is 476 g/mol. The van der Waals surface area contributed by atoms with E-state index in [2.05, 4.69) is 10.3 Å². The topological polar surface area (TPSA) is 71.2 Å². The molecule has 5 nitrogen and oxygen atoms in total. The fourth-order valence-corrected chi connectivity index (χ4v) is 3.82. The van der Waals surface area contributed by atoms with Gasteiger partial charge in [0.2, 0.25) is 5.91 Å². The Kier molecular flexibility index (Phi) is 6.65. The second kappa shape index (κ2) is 9.69. The van der Waals surface area contributed by atoms with Crippen molar-refractivity contribution in [3.8, 4) is 17.0 Å². The maximum Gasteiger partial charge on any atom is 0.454 e. The molecule has 0 radical (unpaired) electrons. The van der Waals surface area contributed by atoms with Crippen molar-refractivity contribution in [3.05, 3.63) is 83.2 Å². The molecule has 0 fully saturated rings. The SMILES string of the molecule is COc1ccc(-c2[nH]c3c(NC(C)=O)cc(/C=C/c4ccc(F)cc4)cc3c2C(=O)C(F)(F)F)cc1. The van der Waals surface area contributed by atoms with Crippen LogP contribution in [0.4, 0.5) is 23.2 Å². The second-order valence-electron chi connectivity index (χ2n) is 7.99. The van der Waals surface area contributed by atoms with Crippen LogP contribution in [-0.4, -0.2) is 30.0 Å². The number of Topliss-reactive ketones (excluding diaryl/α,β-unsaturated/α-hetero) is 1. The molecule has 0 saturated carbocycles. The van der Waals surface area contributed by atoms with Crippen LogP contribution in [0.5, 0.6) is 5.75 Å². The lowest BCUT2D eigenvalue weighted by molar-refractivity contribution is -0.114. The zero-order valence-corrected chi connectivity index (χ0v) is 19.2. The zero-order valence-electron chi connectivity index (χ0n) is 19.2. The summed E-state index contributed by atoms with van der Waals surface area (Å²) < 4.78 is 59.3. The molecule has 0 saturated heterocycles. The molecule has 1 amide bonds. The normalized spacial score (nSPS) is 11.7. The number of aromatic amines is 1. The van der Waals surface area contributed by atoms with E-state index in [-0.39, 0.29) is 22.3 Å². The van der Waals surface area contributed by atoms with Crippen LogP contribution >= 0.6 is 0 Å². The molecule has 0 unspecified atom stereocenters. The van der Waals surface area contributed by atoms with Crippen molar-refractivity contribution >= 4 is 40.4 Å². The molecule has 3 aromatic carbocycles. The first-order valence-electron chi connectivity index (χ1n) is 10.7. The monoisotopic (exact) mass is 496 g/mol. The van der Waals surface area contributed by atoms with Crippen LogP contribution in [0.1, 0.15) is 28.4 Å². The van der Waals surface area contributed by atoms with E-state index in [9.17, 15) is 27.2 Å². The van der Waals surface area contributed by atoms with E-state index in [1.165, 1.54) is 56.5 Å². The quantitative estimate of drug-likeness (QED) is 0.174. The summed E-state index contributed by atoms with van der Waals surface area (Å²) in [5.41, 5.74) is 1.17. The number of nitrogens with one attached hydrogen (secondary N) is 2. The maximum atomic E-state index is 13.7. The number of amides is 1. The summed E-state index contributed by atoms with van der Waals surface area (Å²) in [5.74, 6) is -2.38. The summed E-state index contributed by atoms with van der Waals surface area (Å²) in [5, 5.41) is 2.61. The number of methoxy groups -OCH3 is 1. The van der Waals surface area contributed by atoms with E-state index in [4.69, 9.17) is 4.74 Å². The fourth-order valence-electron chi connectivity index (χ4n) is 3.82. The standard InChI is InChI=1S/C27H20F4N2O3/c1-15(34)32-22-14-17(4-3-16-5-9-19(28)10-6-16)13-21-23(26(35)27(29,30)31)24(33-25(21)22)18-7-11-20(36-2)12-8-18/h3-14,33H,1-2H3,(H,32,34)/b4-3+. The van der Waals surface area contributed by atoms with E-state index < -0.39 is 29.2 Å². The average molecular weight is 496 g/mol. The molecule has 0 spiro atoms. The number of ketones is 1. The van der Waals surface area contributed by atoms with E-state index >= 15 is 0 Å². The number of alkyl halides is 3. The minimum atomic E-state index is -5.13. The van der Waals surface area contributed by atoms with E-state index in [1.54, 1.807) is 30.4 Å². The van der Waals surface area contributed by atoms with Crippen molar-refractivity contribution in [2.45, 2.75) is 13.1 Å². The number of hydrogen-bond donors (Lipinski definition) is 2. The number of fused-ring (bicyclic) bond motifs is 1. The Morgan fingerprint density at radius 1 is 0.944 bits per heavy atom. The van der Waals surface area contributed by atoms with Gasteiger partial charge in [0.1, 0.15) is 11.6 Å². The van der Waals surface area contributed by atoms with Gasteiger partial charge in [-0.15, -0.1) is 0 Å². The molecule has 4 aromatic rings. The molecule has 36 heavy (non-hydrogen) atoms. The summed E-state index contributed by atoms with van der Waals surface area (Å²) >= 11 is 0. The lowest BCUT2D eigenvalue weighted by atomic mass is 9.99. The highest BCUT2D eigenvalue weighted by Crippen LogP contribution is 2.39. The Morgan fingerprint density at radius 2 is 1.58 bits per heavy atom. The van der Waals surface area contributed by atoms with Crippen molar-refractivity contribution in [1.29, 1.82) is 0 Å². The van der Waals surface area contributed by atoms with Crippen molar-refractivity contribution < 1.29 is 31.9 Å². The molecule has 0 atom stereocenters. The van der Waals surface area contributed by atoms with Crippen LogP contribution in [0.3, 0.4) is 0 Å². The molecule has 2 N–H and O–H groups in total. The molecular formula is C27H20F4N2O3. The Hall–Kier alpha value is -4.40. The number of halogens is 4. The summed E-state index contributed by atoms with van der Waals surface area (Å²) in [6, 6.07) is 14.8. The molecule has 1 heterocycles. The van der Waals surface area contributed by atoms with Crippen LogP contribution < -0.4 is 10.1 Å². The van der Waals surface area contributed by atoms with Crippen LogP contribution in [0.2, 0.25) is 0 Å². The number of benzene rings is 3. The molecule has 4 rings (SSSR count). The first-order valence-corrected chi connectivity index (χ1v) is 10.7. The third-order valence-corrected chi connectivity index (χ3v) is 5.44. The molecule has 0 bridgehead atoms. The number of H-pyrrole nitrogens is 1. The zero-order chi connectivity index (χ0) is 26.0. The Morgan fingerprint density at radius 3 is 2.17 bits per heavy atom. The largest absolute Gasteiger partial charge is 0.497 e. The van der Waals surface area contributed by atoms with Gasteiger partial charge in [-0.1, -0.05) is 24.3 Å². The third kappa shape index (κ3) is 5.14. The maximum absolute atomic E-state index is 13.7. The summed E-state index contributed by atoms with van der Waals surface area (Å²) in [4.78, 5) is 27.4. The average Bonchev–Trinajstić information content (AvgIpc) is 3.22. The van der Waals surface area contributed by atoms with Gasteiger partial charge in [-0.3, -0.25) is 9.59 Å². The lowest BCUT2D eigenvalue weighted by Gasteiger charge is -2.09. The van der Waals surface area contributed by atoms with Crippen molar-refractivity contribution in [1.82, 2.24) is 4.98 Å². The first kappa shape index (κ1) is 24.7. The molecule has 9 heteroatoms. The minimum absolute atomic E-state index is 0.00634. The Bertz CT molecular complexity index is 1470. The van der Waals surface area contributed by atoms with Crippen LogP contribution in [-0.2, 0) is 4.79 Å². The summed E-state index contributed by atoms with van der Waals surface area (Å²) in [6.45, 7) is 1.27. The van der Waals surface area contributed by atoms with Crippen molar-refractivity contribution in [3.63, 3.8) is 0 Å². The molecule has 0 aliphatic carbocycles. The highest BCUT2D eigenvalue weighted by atomic mass is 19.4. The van der Waals surface area contributed by atoms with E-state index in [0.29, 0.717) is 22.4 Å². The van der Waals surface area contributed by atoms with Gasteiger partial charge in [0.25, 0.3) is 5.78 Å². The smallest absolute Gasteiger partial charge is 0.454 e. The van der Waals surface area contributed by atoms with Gasteiger partial charge in [0.05, 0.1) is 29.6 Å². The molecule has 1 aromatic heterocycles. The predicted molar refractivity (Wildman–Crippen MR) is 130 cm³/mol. The van der Waals surface area contributed by atoms with Crippen LogP contribution in [0, 0.1) is 5.82 Å². The number of aromatic nitrogens is 1. The van der Waals surface area contributed by atoms with Gasteiger partial charge < -0.3 is 15.0 Å². The van der Waals surface area contributed by atoms with E-state index in [0.717, 1.165) is 0 Å². The third-order valence-electron chi connectivity index (χ3n) is 5.44. The predicted octanol–water partition coefficient (Wildman–Crippen LogP) is 6.86. The molecule has 0 aliphatic rings. The number of anilines is 1. The number of ether oxygens (including phenoxy) is 1. The Balaban J connectivity index is 1.96. The van der Waals surface area contributed by atoms with Gasteiger partial charge in [-0.25, -0.2) is 4.39 Å². The minimum Gasteiger partial charge on any atom is -0.497 e. The fraction of sp³-hybridized carbons (Fsp3) is 0.111. The molecule has 184 valence electrons. The van der Waals surface area contributed by atoms with Crippen LogP contribution in [0.25, 0.3) is 34.3 Å². The van der Waals surface area contributed by atoms with Gasteiger partial charge in [0.15, 0.2) is 0 Å². The highest BCUT2D eigenvalue weighted by Gasteiger charge is 2.42. The van der Waals surface area contributed by atoms with Crippen molar-refractivity contribution in [2.75, 3.05) is 12.4 Å². The number of carbonyl (C=O) groups excluding carboxylic acids is 2. The van der Waals surface area contributed by atoms with Gasteiger partial charge in [0, 0.05) is 12.3 Å². The van der Waals surface area contributed by atoms with Gasteiger partial charge in [-0.2, -0.15) is 13.2 Å². The molecule has 0 aliphatic heterocycles. The summed E-state index contributed by atoms with van der Waals surface area (Å²) in [7, 11) is 1.46. The highest BCUT2D eigenvalue weighted by molar-refractivity contribution is 6.18. The first-order chi connectivity index (χ1) is 17.1. The van der Waals surface area contributed by atoms with Gasteiger partial charge >= 0.3 is 6.18 Å². The van der Waals surface area contributed by atoms with Crippen molar-refractivity contribution in [2.24, 2.45) is 0 Å². The number of rotatable bonds is 6. The number of carbonyl (C=O) groups is 2. The van der Waals surface area contributed by atoms with Gasteiger partial charge in [-0.05, 0) is 65.2 Å². The lowest BCUT2D eigenvalue weighted by Crippen LogP contribution is -2.23. The Labute approximate surface area is 203 Å². The van der Waals surface area contributed by atoms with E-state index in [1.807, 2.05) is 0 Å². The number of hydrogen-bond acceptors (Lipinski definition) is 3.